The molecule has 1 amide bonds. The van der Waals surface area contributed by atoms with Crippen LogP contribution in [0.2, 0.25) is 0 Å². The van der Waals surface area contributed by atoms with E-state index in [9.17, 15) is 22.8 Å². The number of likely N-dealkylation sites (tertiary alicyclic amines) is 1. The van der Waals surface area contributed by atoms with E-state index in [1.807, 2.05) is 0 Å². The number of hydrogen-bond donors (Lipinski definition) is 1. The minimum absolute atomic E-state index is 0.0330. The molecule has 1 saturated heterocycles. The molecule has 0 aromatic heterocycles. The van der Waals surface area contributed by atoms with E-state index in [2.05, 4.69) is 0 Å². The van der Waals surface area contributed by atoms with Crippen LogP contribution in [0.25, 0.3) is 0 Å². The first-order chi connectivity index (χ1) is 7.36. The van der Waals surface area contributed by atoms with E-state index < -0.39 is 12.1 Å². The second-order valence-electron chi connectivity index (χ2n) is 3.73. The predicted molar refractivity (Wildman–Crippen MR) is 49.4 cm³/mol. The van der Waals surface area contributed by atoms with Gasteiger partial charge in [-0.3, -0.25) is 9.59 Å². The molecule has 1 rings (SSSR count). The molecule has 92 valence electrons. The number of piperidine rings is 1. The highest BCUT2D eigenvalue weighted by molar-refractivity contribution is 5.84. The van der Waals surface area contributed by atoms with Gasteiger partial charge < -0.3 is 10.6 Å². The van der Waals surface area contributed by atoms with E-state index in [1.165, 1.54) is 0 Å². The van der Waals surface area contributed by atoms with Crippen molar-refractivity contribution in [1.29, 1.82) is 0 Å². The summed E-state index contributed by atoms with van der Waals surface area (Å²) in [5.74, 6) is -2.28. The summed E-state index contributed by atoms with van der Waals surface area (Å²) in [4.78, 5) is 22.8. The summed E-state index contributed by atoms with van der Waals surface area (Å²) in [6, 6.07) is 0. The van der Waals surface area contributed by atoms with Crippen LogP contribution in [-0.4, -0.2) is 42.4 Å². The topological polar surface area (TPSA) is 63.4 Å². The van der Waals surface area contributed by atoms with Gasteiger partial charge in [0, 0.05) is 19.0 Å². The zero-order valence-corrected chi connectivity index (χ0v) is 8.59. The molecule has 1 fully saturated rings. The number of amides is 1. The Morgan fingerprint density at radius 2 is 1.75 bits per heavy atom. The third-order valence-corrected chi connectivity index (χ3v) is 2.68. The fourth-order valence-electron chi connectivity index (χ4n) is 1.75. The second-order valence-corrected chi connectivity index (χ2v) is 3.73. The lowest BCUT2D eigenvalue weighted by Crippen LogP contribution is -2.46. The van der Waals surface area contributed by atoms with Crippen molar-refractivity contribution in [3.05, 3.63) is 0 Å². The minimum Gasteiger partial charge on any atom is -0.335 e. The number of nitrogens with two attached hydrogens (primary N) is 1. The highest BCUT2D eigenvalue weighted by Crippen LogP contribution is 2.23. The van der Waals surface area contributed by atoms with Crippen LogP contribution < -0.4 is 5.73 Å². The third kappa shape index (κ3) is 2.94. The molecule has 0 radical (unpaired) electrons. The maximum atomic E-state index is 12.1. The van der Waals surface area contributed by atoms with Crippen molar-refractivity contribution in [1.82, 2.24) is 4.90 Å². The zero-order valence-electron chi connectivity index (χ0n) is 8.59. The molecule has 0 bridgehead atoms. The molecule has 4 nitrogen and oxygen atoms in total. The van der Waals surface area contributed by atoms with Crippen LogP contribution >= 0.6 is 0 Å². The highest BCUT2D eigenvalue weighted by Gasteiger charge is 2.43. The molecule has 7 heteroatoms. The lowest BCUT2D eigenvalue weighted by atomic mass is 9.92. The Morgan fingerprint density at radius 1 is 1.25 bits per heavy atom. The molecule has 1 aliphatic rings. The third-order valence-electron chi connectivity index (χ3n) is 2.68. The van der Waals surface area contributed by atoms with Crippen LogP contribution in [0.15, 0.2) is 0 Å². The van der Waals surface area contributed by atoms with Crippen molar-refractivity contribution < 1.29 is 22.8 Å². The number of carbonyl (C=O) groups is 2. The van der Waals surface area contributed by atoms with Crippen LogP contribution in [0, 0.1) is 5.92 Å². The molecule has 0 unspecified atom stereocenters. The van der Waals surface area contributed by atoms with Crippen LogP contribution in [0.4, 0.5) is 13.2 Å². The van der Waals surface area contributed by atoms with E-state index in [1.54, 1.807) is 0 Å². The maximum Gasteiger partial charge on any atom is 0.471 e. The standard InChI is InChI=1S/C9H13F3N2O2/c10-9(11,12)8(16)14-3-1-6(2-4-14)7(15)5-13/h6H,1-5,13H2. The number of nitrogens with zero attached hydrogens (tertiary/aromatic N) is 1. The number of alkyl halides is 3. The Balaban J connectivity index is 2.49. The average molecular weight is 238 g/mol. The quantitative estimate of drug-likeness (QED) is 0.753. The molecule has 0 aliphatic carbocycles. The van der Waals surface area contributed by atoms with Gasteiger partial charge in [0.1, 0.15) is 5.78 Å². The lowest BCUT2D eigenvalue weighted by molar-refractivity contribution is -0.186. The van der Waals surface area contributed by atoms with Gasteiger partial charge in [0.05, 0.1) is 6.54 Å². The van der Waals surface area contributed by atoms with Crippen molar-refractivity contribution in [3.8, 4) is 0 Å². The number of carbonyl (C=O) groups excluding carboxylic acids is 2. The average Bonchev–Trinajstić information content (AvgIpc) is 2.26. The Bertz CT molecular complexity index is 283. The van der Waals surface area contributed by atoms with Crippen LogP contribution in [0.5, 0.6) is 0 Å². The molecule has 1 heterocycles. The smallest absolute Gasteiger partial charge is 0.335 e. The summed E-state index contributed by atoms with van der Waals surface area (Å²) in [5, 5.41) is 0. The molecule has 0 atom stereocenters. The predicted octanol–water partition coefficient (Wildman–Crippen LogP) is 0.315. The largest absolute Gasteiger partial charge is 0.471 e. The summed E-state index contributed by atoms with van der Waals surface area (Å²) in [7, 11) is 0. The molecule has 1 aliphatic heterocycles. The van der Waals surface area contributed by atoms with Crippen molar-refractivity contribution in [3.63, 3.8) is 0 Å². The van der Waals surface area contributed by atoms with Gasteiger partial charge in [-0.05, 0) is 12.8 Å². The van der Waals surface area contributed by atoms with Crippen molar-refractivity contribution in [2.45, 2.75) is 19.0 Å². The van der Waals surface area contributed by atoms with Gasteiger partial charge in [-0.2, -0.15) is 13.2 Å². The maximum absolute atomic E-state index is 12.1. The van der Waals surface area contributed by atoms with Crippen molar-refractivity contribution >= 4 is 11.7 Å². The summed E-state index contributed by atoms with van der Waals surface area (Å²) >= 11 is 0. The van der Waals surface area contributed by atoms with Gasteiger partial charge in [0.25, 0.3) is 0 Å². The summed E-state index contributed by atoms with van der Waals surface area (Å²) in [6.07, 6.45) is -4.31. The molecule has 2 N–H and O–H groups in total. The highest BCUT2D eigenvalue weighted by atomic mass is 19.4. The van der Waals surface area contributed by atoms with E-state index in [4.69, 9.17) is 5.73 Å². The number of ketones is 1. The fraction of sp³-hybridized carbons (Fsp3) is 0.778. The van der Waals surface area contributed by atoms with Gasteiger partial charge in [-0.15, -0.1) is 0 Å². The number of rotatable bonds is 2. The lowest BCUT2D eigenvalue weighted by Gasteiger charge is -2.31. The van der Waals surface area contributed by atoms with E-state index in [0.717, 1.165) is 4.90 Å². The normalized spacial score (nSPS) is 18.6. The van der Waals surface area contributed by atoms with E-state index >= 15 is 0 Å². The van der Waals surface area contributed by atoms with Crippen molar-refractivity contribution in [2.24, 2.45) is 11.7 Å². The molecular formula is C9H13F3N2O2. The Labute approximate surface area is 90.6 Å². The van der Waals surface area contributed by atoms with Crippen LogP contribution in [-0.2, 0) is 9.59 Å². The number of hydrogen-bond acceptors (Lipinski definition) is 3. The van der Waals surface area contributed by atoms with Gasteiger partial charge >= 0.3 is 12.1 Å². The molecule has 0 aromatic rings. The molecule has 0 aromatic carbocycles. The van der Waals surface area contributed by atoms with Crippen LogP contribution in [0.1, 0.15) is 12.8 Å². The monoisotopic (exact) mass is 238 g/mol. The molecular weight excluding hydrogens is 225 g/mol. The fourth-order valence-corrected chi connectivity index (χ4v) is 1.75. The first-order valence-electron chi connectivity index (χ1n) is 4.95. The Morgan fingerprint density at radius 3 is 2.12 bits per heavy atom. The van der Waals surface area contributed by atoms with E-state index in [0.29, 0.717) is 0 Å². The van der Waals surface area contributed by atoms with Gasteiger partial charge in [0.15, 0.2) is 0 Å². The summed E-state index contributed by atoms with van der Waals surface area (Å²) in [5.41, 5.74) is 5.16. The summed E-state index contributed by atoms with van der Waals surface area (Å²) in [6.45, 7) is -0.165. The second kappa shape index (κ2) is 4.82. The number of Topliss-reactive ketones (excluding diaryl/α,β-unsaturated/α-hetero) is 1. The van der Waals surface area contributed by atoms with Gasteiger partial charge in [-0.25, -0.2) is 0 Å². The Hall–Kier alpha value is -1.11. The molecule has 0 saturated carbocycles. The summed E-state index contributed by atoms with van der Waals surface area (Å²) < 4.78 is 36.2. The number of halogens is 3. The van der Waals surface area contributed by atoms with Gasteiger partial charge in [0.2, 0.25) is 0 Å². The van der Waals surface area contributed by atoms with E-state index in [-0.39, 0.29) is 44.2 Å². The first kappa shape index (κ1) is 13.0. The van der Waals surface area contributed by atoms with Crippen molar-refractivity contribution in [2.75, 3.05) is 19.6 Å². The molecule has 16 heavy (non-hydrogen) atoms. The Kier molecular flexibility index (Phi) is 3.90. The SMILES string of the molecule is NCC(=O)C1CCN(C(=O)C(F)(F)F)CC1. The van der Waals surface area contributed by atoms with Gasteiger partial charge in [-0.1, -0.05) is 0 Å². The zero-order chi connectivity index (χ0) is 12.3. The molecule has 0 spiro atoms. The van der Waals surface area contributed by atoms with Crippen LogP contribution in [0.3, 0.4) is 0 Å². The first-order valence-corrected chi connectivity index (χ1v) is 4.95. The minimum atomic E-state index is -4.83.